The fourth-order valence-corrected chi connectivity index (χ4v) is 2.44. The lowest BCUT2D eigenvalue weighted by atomic mass is 10.2. The smallest absolute Gasteiger partial charge is 0.119 e. The van der Waals surface area contributed by atoms with E-state index in [0.717, 1.165) is 44.6 Å². The summed E-state index contributed by atoms with van der Waals surface area (Å²) in [5, 5.41) is 3.53. The molecule has 21 heavy (non-hydrogen) atoms. The van der Waals surface area contributed by atoms with Gasteiger partial charge in [-0.05, 0) is 43.0 Å². The van der Waals surface area contributed by atoms with Crippen LogP contribution in [0.25, 0.3) is 0 Å². The first-order valence-corrected chi connectivity index (χ1v) is 8.35. The van der Waals surface area contributed by atoms with E-state index in [-0.39, 0.29) is 0 Å². The number of rotatable bonds is 10. The minimum absolute atomic E-state index is 0.711. The molecule has 3 heteroatoms. The third-order valence-corrected chi connectivity index (χ3v) is 3.84. The van der Waals surface area contributed by atoms with Crippen molar-refractivity contribution in [3.63, 3.8) is 0 Å². The van der Waals surface area contributed by atoms with Gasteiger partial charge < -0.3 is 10.1 Å². The monoisotopic (exact) mass is 290 g/mol. The van der Waals surface area contributed by atoms with Gasteiger partial charge in [-0.1, -0.05) is 32.9 Å². The fourth-order valence-electron chi connectivity index (χ4n) is 2.44. The second-order valence-electron chi connectivity index (χ2n) is 6.43. The van der Waals surface area contributed by atoms with E-state index in [0.29, 0.717) is 5.92 Å². The molecular formula is C18H30N2O. The van der Waals surface area contributed by atoms with E-state index < -0.39 is 0 Å². The Morgan fingerprint density at radius 1 is 1.24 bits per heavy atom. The van der Waals surface area contributed by atoms with Crippen LogP contribution < -0.4 is 10.1 Å². The van der Waals surface area contributed by atoms with Crippen LogP contribution in [-0.4, -0.2) is 37.2 Å². The van der Waals surface area contributed by atoms with Crippen LogP contribution in [0.3, 0.4) is 0 Å². The third-order valence-electron chi connectivity index (χ3n) is 3.84. The highest BCUT2D eigenvalue weighted by Crippen LogP contribution is 2.19. The van der Waals surface area contributed by atoms with Gasteiger partial charge in [0.15, 0.2) is 0 Å². The first-order chi connectivity index (χ1) is 10.2. The van der Waals surface area contributed by atoms with Gasteiger partial charge in [-0.2, -0.15) is 0 Å². The number of hydrogen-bond donors (Lipinski definition) is 1. The van der Waals surface area contributed by atoms with E-state index in [4.69, 9.17) is 4.74 Å². The van der Waals surface area contributed by atoms with Gasteiger partial charge in [0, 0.05) is 25.7 Å². The van der Waals surface area contributed by atoms with E-state index in [1.54, 1.807) is 0 Å². The number of ether oxygens (including phenoxy) is 1. The van der Waals surface area contributed by atoms with Gasteiger partial charge in [0.1, 0.15) is 12.4 Å². The molecule has 0 heterocycles. The molecule has 1 saturated carbocycles. The molecule has 0 radical (unpaired) electrons. The topological polar surface area (TPSA) is 24.5 Å². The van der Waals surface area contributed by atoms with Gasteiger partial charge in [0.2, 0.25) is 0 Å². The van der Waals surface area contributed by atoms with Crippen molar-refractivity contribution in [1.29, 1.82) is 0 Å². The average molecular weight is 290 g/mol. The van der Waals surface area contributed by atoms with Crippen molar-refractivity contribution in [2.75, 3.05) is 26.2 Å². The van der Waals surface area contributed by atoms with Crippen molar-refractivity contribution >= 4 is 0 Å². The quantitative estimate of drug-likeness (QED) is 0.715. The Morgan fingerprint density at radius 2 is 1.95 bits per heavy atom. The predicted octanol–water partition coefficient (Wildman–Crippen LogP) is 3.30. The molecule has 0 bridgehead atoms. The minimum atomic E-state index is 0.711. The first-order valence-electron chi connectivity index (χ1n) is 8.35. The molecule has 0 aromatic heterocycles. The largest absolute Gasteiger partial charge is 0.492 e. The zero-order valence-electron chi connectivity index (χ0n) is 13.8. The number of nitrogens with one attached hydrogen (secondary N) is 1. The molecule has 0 unspecified atom stereocenters. The summed E-state index contributed by atoms with van der Waals surface area (Å²) in [5.74, 6) is 1.69. The van der Waals surface area contributed by atoms with Crippen LogP contribution in [0.4, 0.5) is 0 Å². The number of benzene rings is 1. The van der Waals surface area contributed by atoms with Crippen LogP contribution in [0.2, 0.25) is 0 Å². The van der Waals surface area contributed by atoms with Crippen LogP contribution in [0.1, 0.15) is 39.2 Å². The van der Waals surface area contributed by atoms with Gasteiger partial charge in [-0.3, -0.25) is 4.90 Å². The minimum Gasteiger partial charge on any atom is -0.492 e. The van der Waals surface area contributed by atoms with Crippen molar-refractivity contribution in [3.05, 3.63) is 29.8 Å². The fraction of sp³-hybridized carbons (Fsp3) is 0.667. The van der Waals surface area contributed by atoms with Crippen LogP contribution in [-0.2, 0) is 6.54 Å². The van der Waals surface area contributed by atoms with Crippen LogP contribution >= 0.6 is 0 Å². The Kier molecular flexibility index (Phi) is 6.52. The Balaban J connectivity index is 1.67. The molecule has 3 nitrogen and oxygen atoms in total. The van der Waals surface area contributed by atoms with Crippen molar-refractivity contribution in [2.45, 2.75) is 46.2 Å². The highest BCUT2D eigenvalue weighted by molar-refractivity contribution is 5.27. The summed E-state index contributed by atoms with van der Waals surface area (Å²) in [5.41, 5.74) is 1.34. The van der Waals surface area contributed by atoms with Crippen LogP contribution in [0, 0.1) is 5.92 Å². The summed E-state index contributed by atoms with van der Waals surface area (Å²) < 4.78 is 5.85. The molecule has 1 fully saturated rings. The van der Waals surface area contributed by atoms with Crippen molar-refractivity contribution < 1.29 is 4.74 Å². The van der Waals surface area contributed by atoms with Crippen molar-refractivity contribution in [2.24, 2.45) is 5.92 Å². The van der Waals surface area contributed by atoms with Crippen LogP contribution in [0.5, 0.6) is 5.75 Å². The normalized spacial score (nSPS) is 14.9. The van der Waals surface area contributed by atoms with Gasteiger partial charge in [-0.25, -0.2) is 0 Å². The standard InChI is InChI=1S/C18H30N2O/c1-4-20(14-15(2)3)11-12-21-18-9-5-16(6-10-18)13-19-17-7-8-17/h5-6,9-10,15,17,19H,4,7-8,11-14H2,1-3H3. The Labute approximate surface area is 129 Å². The summed E-state index contributed by atoms with van der Waals surface area (Å²) in [6, 6.07) is 9.26. The first kappa shape index (κ1) is 16.3. The maximum Gasteiger partial charge on any atom is 0.119 e. The Bertz CT molecular complexity index is 398. The highest BCUT2D eigenvalue weighted by atomic mass is 16.5. The van der Waals surface area contributed by atoms with E-state index >= 15 is 0 Å². The molecule has 1 N–H and O–H groups in total. The number of nitrogens with zero attached hydrogens (tertiary/aromatic N) is 1. The van der Waals surface area contributed by atoms with Gasteiger partial charge >= 0.3 is 0 Å². The molecule has 1 aromatic carbocycles. The maximum atomic E-state index is 5.85. The van der Waals surface area contributed by atoms with Gasteiger partial charge in [0.25, 0.3) is 0 Å². The molecule has 0 saturated heterocycles. The third kappa shape index (κ3) is 6.49. The summed E-state index contributed by atoms with van der Waals surface area (Å²) in [4.78, 5) is 2.44. The molecule has 0 spiro atoms. The lowest BCUT2D eigenvalue weighted by molar-refractivity contribution is 0.200. The van der Waals surface area contributed by atoms with E-state index in [1.165, 1.54) is 18.4 Å². The number of likely N-dealkylation sites (N-methyl/N-ethyl adjacent to an activating group) is 1. The van der Waals surface area contributed by atoms with Crippen LogP contribution in [0.15, 0.2) is 24.3 Å². The van der Waals surface area contributed by atoms with Crippen molar-refractivity contribution in [3.8, 4) is 5.75 Å². The lowest BCUT2D eigenvalue weighted by Gasteiger charge is -2.22. The molecular weight excluding hydrogens is 260 g/mol. The summed E-state index contributed by atoms with van der Waals surface area (Å²) in [6.07, 6.45) is 2.68. The zero-order valence-corrected chi connectivity index (χ0v) is 13.8. The Hall–Kier alpha value is -1.06. The molecule has 1 aliphatic rings. The summed E-state index contributed by atoms with van der Waals surface area (Å²) in [6.45, 7) is 11.7. The zero-order chi connectivity index (χ0) is 15.1. The second kappa shape index (κ2) is 8.40. The SMILES string of the molecule is CCN(CCOc1ccc(CNC2CC2)cc1)CC(C)C. The molecule has 118 valence electrons. The molecule has 1 aromatic rings. The predicted molar refractivity (Wildman–Crippen MR) is 88.8 cm³/mol. The summed E-state index contributed by atoms with van der Waals surface area (Å²) >= 11 is 0. The molecule has 0 aliphatic heterocycles. The molecule has 0 atom stereocenters. The highest BCUT2D eigenvalue weighted by Gasteiger charge is 2.19. The van der Waals surface area contributed by atoms with E-state index in [2.05, 4.69) is 55.3 Å². The van der Waals surface area contributed by atoms with E-state index in [1.807, 2.05) is 0 Å². The van der Waals surface area contributed by atoms with E-state index in [9.17, 15) is 0 Å². The maximum absolute atomic E-state index is 5.85. The second-order valence-corrected chi connectivity index (χ2v) is 6.43. The number of hydrogen-bond acceptors (Lipinski definition) is 3. The molecule has 1 aliphatic carbocycles. The molecule has 0 amide bonds. The average Bonchev–Trinajstić information content (AvgIpc) is 3.29. The summed E-state index contributed by atoms with van der Waals surface area (Å²) in [7, 11) is 0. The lowest BCUT2D eigenvalue weighted by Crippen LogP contribution is -2.31. The van der Waals surface area contributed by atoms with Crippen molar-refractivity contribution in [1.82, 2.24) is 10.2 Å². The molecule has 2 rings (SSSR count). The van der Waals surface area contributed by atoms with Gasteiger partial charge in [0.05, 0.1) is 0 Å². The Morgan fingerprint density at radius 3 is 2.52 bits per heavy atom. The van der Waals surface area contributed by atoms with Gasteiger partial charge in [-0.15, -0.1) is 0 Å².